The minimum Gasteiger partial charge on any atom is -0.290 e. The van der Waals surface area contributed by atoms with Crippen molar-refractivity contribution in [1.82, 2.24) is 9.38 Å². The van der Waals surface area contributed by atoms with Gasteiger partial charge in [0.15, 0.2) is 4.96 Å². The lowest BCUT2D eigenvalue weighted by Crippen LogP contribution is -1.83. The molecular weight excluding hydrogens is 336 g/mol. The number of rotatable bonds is 3. The van der Waals surface area contributed by atoms with Gasteiger partial charge in [-0.15, -0.1) is 11.3 Å². The van der Waals surface area contributed by atoms with E-state index < -0.39 is 0 Å². The summed E-state index contributed by atoms with van der Waals surface area (Å²) in [5.74, 6) is 0. The van der Waals surface area contributed by atoms with Gasteiger partial charge in [-0.25, -0.2) is 4.98 Å². The first-order valence-electron chi connectivity index (χ1n) is 8.56. The third-order valence-corrected chi connectivity index (χ3v) is 5.41. The SMILES string of the molecule is c1ccc(-c2ccc(-c3cn4c(-c5ccccc5)csc4n3)cc2)cc1. The molecule has 3 heteroatoms. The highest BCUT2D eigenvalue weighted by Crippen LogP contribution is 2.30. The van der Waals surface area contributed by atoms with E-state index >= 15 is 0 Å². The van der Waals surface area contributed by atoms with Crippen molar-refractivity contribution in [3.05, 3.63) is 96.5 Å². The quantitative estimate of drug-likeness (QED) is 0.367. The van der Waals surface area contributed by atoms with Gasteiger partial charge in [0.05, 0.1) is 11.4 Å². The minimum absolute atomic E-state index is 1.01. The Balaban J connectivity index is 1.53. The average Bonchev–Trinajstić information content (AvgIpc) is 3.30. The fraction of sp³-hybridized carbons (Fsp3) is 0. The van der Waals surface area contributed by atoms with Crippen LogP contribution in [0.3, 0.4) is 0 Å². The van der Waals surface area contributed by atoms with Crippen molar-refractivity contribution in [2.45, 2.75) is 0 Å². The van der Waals surface area contributed by atoms with E-state index in [0.717, 1.165) is 16.2 Å². The second-order valence-corrected chi connectivity index (χ2v) is 7.05. The van der Waals surface area contributed by atoms with Crippen molar-refractivity contribution >= 4 is 16.3 Å². The van der Waals surface area contributed by atoms with Gasteiger partial charge in [-0.2, -0.15) is 0 Å². The molecule has 5 rings (SSSR count). The largest absolute Gasteiger partial charge is 0.290 e. The molecule has 26 heavy (non-hydrogen) atoms. The molecule has 0 saturated carbocycles. The maximum Gasteiger partial charge on any atom is 0.194 e. The maximum absolute atomic E-state index is 4.81. The van der Waals surface area contributed by atoms with Gasteiger partial charge in [0.25, 0.3) is 0 Å². The molecular formula is C23H16N2S. The molecule has 0 fully saturated rings. The Morgan fingerprint density at radius 3 is 1.88 bits per heavy atom. The molecule has 5 aromatic rings. The lowest BCUT2D eigenvalue weighted by Gasteiger charge is -2.03. The molecule has 0 N–H and O–H groups in total. The van der Waals surface area contributed by atoms with E-state index in [9.17, 15) is 0 Å². The van der Waals surface area contributed by atoms with E-state index in [1.165, 1.54) is 22.4 Å². The summed E-state index contributed by atoms with van der Waals surface area (Å²) in [7, 11) is 0. The first-order valence-corrected chi connectivity index (χ1v) is 9.44. The lowest BCUT2D eigenvalue weighted by molar-refractivity contribution is 1.24. The predicted octanol–water partition coefficient (Wildman–Crippen LogP) is 6.40. The van der Waals surface area contributed by atoms with E-state index in [0.29, 0.717) is 0 Å². The monoisotopic (exact) mass is 352 g/mol. The van der Waals surface area contributed by atoms with Crippen LogP contribution in [0.15, 0.2) is 96.5 Å². The third-order valence-electron chi connectivity index (χ3n) is 4.57. The normalized spacial score (nSPS) is 11.1. The number of fused-ring (bicyclic) bond motifs is 1. The number of aromatic nitrogens is 2. The Morgan fingerprint density at radius 2 is 1.19 bits per heavy atom. The second-order valence-electron chi connectivity index (χ2n) is 6.21. The highest BCUT2D eigenvalue weighted by atomic mass is 32.1. The summed E-state index contributed by atoms with van der Waals surface area (Å²) in [5, 5.41) is 2.17. The summed E-state index contributed by atoms with van der Waals surface area (Å²) in [6.45, 7) is 0. The number of thiazole rings is 1. The van der Waals surface area contributed by atoms with Gasteiger partial charge >= 0.3 is 0 Å². The Morgan fingerprint density at radius 1 is 0.615 bits per heavy atom. The number of imidazole rings is 1. The van der Waals surface area contributed by atoms with Crippen molar-refractivity contribution in [1.29, 1.82) is 0 Å². The van der Waals surface area contributed by atoms with Crippen molar-refractivity contribution in [3.63, 3.8) is 0 Å². The summed E-state index contributed by atoms with van der Waals surface area (Å²) < 4.78 is 2.18. The fourth-order valence-electron chi connectivity index (χ4n) is 3.20. The van der Waals surface area contributed by atoms with Crippen molar-refractivity contribution in [2.75, 3.05) is 0 Å². The number of benzene rings is 3. The summed E-state index contributed by atoms with van der Waals surface area (Å²) in [6, 6.07) is 29.5. The number of hydrogen-bond donors (Lipinski definition) is 0. The highest BCUT2D eigenvalue weighted by molar-refractivity contribution is 7.15. The highest BCUT2D eigenvalue weighted by Gasteiger charge is 2.11. The van der Waals surface area contributed by atoms with Crippen LogP contribution in [-0.2, 0) is 0 Å². The zero-order chi connectivity index (χ0) is 17.3. The van der Waals surface area contributed by atoms with E-state index in [1.54, 1.807) is 11.3 Å². The minimum atomic E-state index is 1.01. The average molecular weight is 352 g/mol. The molecule has 0 amide bonds. The smallest absolute Gasteiger partial charge is 0.194 e. The molecule has 0 unspecified atom stereocenters. The standard InChI is InChI=1S/C23H16N2S/c1-3-7-17(8-4-1)18-11-13-19(14-12-18)21-15-25-22(16-26-23(25)24-21)20-9-5-2-6-10-20/h1-16H. The summed E-state index contributed by atoms with van der Waals surface area (Å²) >= 11 is 1.68. The van der Waals surface area contributed by atoms with Crippen molar-refractivity contribution in [3.8, 4) is 33.6 Å². The second kappa shape index (κ2) is 6.28. The maximum atomic E-state index is 4.81. The first-order chi connectivity index (χ1) is 12.9. The van der Waals surface area contributed by atoms with Gasteiger partial charge in [0, 0.05) is 17.1 Å². The van der Waals surface area contributed by atoms with Crippen LogP contribution < -0.4 is 0 Å². The van der Waals surface area contributed by atoms with Gasteiger partial charge in [-0.3, -0.25) is 4.40 Å². The van der Waals surface area contributed by atoms with Crippen LogP contribution in [0.25, 0.3) is 38.6 Å². The van der Waals surface area contributed by atoms with Gasteiger partial charge in [-0.05, 0) is 16.7 Å². The van der Waals surface area contributed by atoms with E-state index in [1.807, 2.05) is 12.1 Å². The van der Waals surface area contributed by atoms with Gasteiger partial charge in [-0.1, -0.05) is 84.9 Å². The van der Waals surface area contributed by atoms with E-state index in [2.05, 4.69) is 88.8 Å². The van der Waals surface area contributed by atoms with Gasteiger partial charge in [0.1, 0.15) is 0 Å². The molecule has 2 heterocycles. The van der Waals surface area contributed by atoms with Gasteiger partial charge < -0.3 is 0 Å². The Kier molecular flexibility index (Phi) is 3.65. The molecule has 0 spiro atoms. The van der Waals surface area contributed by atoms with Crippen LogP contribution in [0, 0.1) is 0 Å². The third kappa shape index (κ3) is 2.63. The molecule has 2 nitrogen and oxygen atoms in total. The van der Waals surface area contributed by atoms with Gasteiger partial charge in [0.2, 0.25) is 0 Å². The van der Waals surface area contributed by atoms with Crippen molar-refractivity contribution < 1.29 is 0 Å². The van der Waals surface area contributed by atoms with Crippen LogP contribution in [0.2, 0.25) is 0 Å². The molecule has 2 aromatic heterocycles. The van der Waals surface area contributed by atoms with Crippen LogP contribution in [-0.4, -0.2) is 9.38 Å². The topological polar surface area (TPSA) is 17.3 Å². The molecule has 0 aliphatic carbocycles. The lowest BCUT2D eigenvalue weighted by atomic mass is 10.0. The van der Waals surface area contributed by atoms with Crippen molar-refractivity contribution in [2.24, 2.45) is 0 Å². The first kappa shape index (κ1) is 15.1. The summed E-state index contributed by atoms with van der Waals surface area (Å²) in [5.41, 5.74) is 7.00. The molecule has 0 aliphatic rings. The molecule has 0 atom stereocenters. The predicted molar refractivity (Wildman–Crippen MR) is 109 cm³/mol. The molecule has 0 aliphatic heterocycles. The Bertz CT molecular complexity index is 1150. The summed E-state index contributed by atoms with van der Waals surface area (Å²) in [4.78, 5) is 5.83. The van der Waals surface area contributed by atoms with Crippen LogP contribution in [0.1, 0.15) is 0 Å². The summed E-state index contributed by atoms with van der Waals surface area (Å²) in [6.07, 6.45) is 2.13. The van der Waals surface area contributed by atoms with E-state index in [-0.39, 0.29) is 0 Å². The fourth-order valence-corrected chi connectivity index (χ4v) is 4.09. The zero-order valence-corrected chi connectivity index (χ0v) is 14.9. The van der Waals surface area contributed by atoms with E-state index in [4.69, 9.17) is 4.98 Å². The molecule has 0 radical (unpaired) electrons. The number of nitrogens with zero attached hydrogens (tertiary/aromatic N) is 2. The number of hydrogen-bond acceptors (Lipinski definition) is 2. The van der Waals surface area contributed by atoms with Crippen LogP contribution >= 0.6 is 11.3 Å². The molecule has 0 bridgehead atoms. The molecule has 124 valence electrons. The molecule has 3 aromatic carbocycles. The Labute approximate surface area is 156 Å². The zero-order valence-electron chi connectivity index (χ0n) is 14.0. The molecule has 0 saturated heterocycles. The Hall–Kier alpha value is -3.17. The van der Waals surface area contributed by atoms with Crippen LogP contribution in [0.5, 0.6) is 0 Å². The van der Waals surface area contributed by atoms with Crippen LogP contribution in [0.4, 0.5) is 0 Å².